The molecule has 0 aliphatic heterocycles. The smallest absolute Gasteiger partial charge is 0.328 e. The molecule has 156 valence electrons. The standard InChI is InChI=1S/C23H25N3O4/c1-14-7-6-8-16(11-14)22(28)25-15(2)21(27)26-20(23(29)30-3)12-17-13-24-19-10-5-4-9-18(17)19/h4-11,13,15,20,24H,12H2,1-3H3,(H,25,28)(H,26,27)/t15-,20+/m0/s1. The van der Waals surface area contributed by atoms with E-state index in [0.29, 0.717) is 5.56 Å². The van der Waals surface area contributed by atoms with Crippen LogP contribution in [0.2, 0.25) is 0 Å². The van der Waals surface area contributed by atoms with Crippen molar-refractivity contribution < 1.29 is 19.1 Å². The molecule has 0 saturated carbocycles. The molecule has 3 rings (SSSR count). The van der Waals surface area contributed by atoms with E-state index in [1.807, 2.05) is 43.5 Å². The number of nitrogens with one attached hydrogen (secondary N) is 3. The first-order valence-electron chi connectivity index (χ1n) is 9.69. The lowest BCUT2D eigenvalue weighted by Gasteiger charge is -2.20. The van der Waals surface area contributed by atoms with Crippen LogP contribution >= 0.6 is 0 Å². The molecule has 0 radical (unpaired) electrons. The van der Waals surface area contributed by atoms with E-state index in [2.05, 4.69) is 15.6 Å². The van der Waals surface area contributed by atoms with Gasteiger partial charge < -0.3 is 20.4 Å². The summed E-state index contributed by atoms with van der Waals surface area (Å²) in [6.07, 6.45) is 2.08. The number of aryl methyl sites for hydroxylation is 1. The summed E-state index contributed by atoms with van der Waals surface area (Å²) in [4.78, 5) is 40.5. The SMILES string of the molecule is COC(=O)[C@@H](Cc1c[nH]c2ccccc12)NC(=O)[C@H](C)NC(=O)c1cccc(C)c1. The molecule has 7 nitrogen and oxygen atoms in total. The molecular formula is C23H25N3O4. The zero-order valence-corrected chi connectivity index (χ0v) is 17.2. The van der Waals surface area contributed by atoms with E-state index in [-0.39, 0.29) is 12.3 Å². The van der Waals surface area contributed by atoms with Crippen LogP contribution in [-0.2, 0) is 20.7 Å². The zero-order chi connectivity index (χ0) is 21.7. The Morgan fingerprint density at radius 1 is 1.07 bits per heavy atom. The lowest BCUT2D eigenvalue weighted by molar-refractivity contribution is -0.145. The summed E-state index contributed by atoms with van der Waals surface area (Å²) in [6, 6.07) is 13.1. The predicted octanol–water partition coefficient (Wildman–Crippen LogP) is 2.50. The Morgan fingerprint density at radius 2 is 1.83 bits per heavy atom. The minimum absolute atomic E-state index is 0.265. The summed E-state index contributed by atoms with van der Waals surface area (Å²) in [6.45, 7) is 3.46. The Hall–Kier alpha value is -3.61. The number of ether oxygens (including phenoxy) is 1. The summed E-state index contributed by atoms with van der Waals surface area (Å²) < 4.78 is 4.87. The van der Waals surface area contributed by atoms with Gasteiger partial charge in [0.1, 0.15) is 12.1 Å². The monoisotopic (exact) mass is 407 g/mol. The number of hydrogen-bond donors (Lipinski definition) is 3. The Bertz CT molecular complexity index is 1070. The molecule has 0 bridgehead atoms. The summed E-state index contributed by atoms with van der Waals surface area (Å²) >= 11 is 0. The zero-order valence-electron chi connectivity index (χ0n) is 17.2. The van der Waals surface area contributed by atoms with Gasteiger partial charge in [0.05, 0.1) is 7.11 Å². The number of fused-ring (bicyclic) bond motifs is 1. The fourth-order valence-corrected chi connectivity index (χ4v) is 3.28. The molecule has 3 aromatic rings. The topological polar surface area (TPSA) is 100 Å². The number of para-hydroxylation sites is 1. The number of esters is 1. The van der Waals surface area contributed by atoms with Gasteiger partial charge in [0, 0.05) is 29.1 Å². The second-order valence-electron chi connectivity index (χ2n) is 7.21. The van der Waals surface area contributed by atoms with E-state index in [1.165, 1.54) is 7.11 Å². The van der Waals surface area contributed by atoms with Crippen molar-refractivity contribution in [1.29, 1.82) is 0 Å². The van der Waals surface area contributed by atoms with Crippen molar-refractivity contribution in [2.75, 3.05) is 7.11 Å². The number of hydrogen-bond acceptors (Lipinski definition) is 4. The van der Waals surface area contributed by atoms with Crippen LogP contribution in [0.4, 0.5) is 0 Å². The molecule has 7 heteroatoms. The minimum atomic E-state index is -0.875. The number of aromatic amines is 1. The number of carbonyl (C=O) groups excluding carboxylic acids is 3. The molecule has 0 aliphatic rings. The maximum atomic E-state index is 12.7. The van der Waals surface area contributed by atoms with Gasteiger partial charge in [-0.3, -0.25) is 9.59 Å². The Morgan fingerprint density at radius 3 is 2.57 bits per heavy atom. The molecule has 1 heterocycles. The largest absolute Gasteiger partial charge is 0.467 e. The van der Waals surface area contributed by atoms with Gasteiger partial charge in [-0.15, -0.1) is 0 Å². The molecule has 0 fully saturated rings. The number of H-pyrrole nitrogens is 1. The second kappa shape index (κ2) is 9.26. The van der Waals surface area contributed by atoms with Crippen molar-refractivity contribution in [2.24, 2.45) is 0 Å². The second-order valence-corrected chi connectivity index (χ2v) is 7.21. The molecule has 0 spiro atoms. The van der Waals surface area contributed by atoms with Crippen LogP contribution in [0.5, 0.6) is 0 Å². The third kappa shape index (κ3) is 4.86. The van der Waals surface area contributed by atoms with Crippen molar-refractivity contribution >= 4 is 28.7 Å². The van der Waals surface area contributed by atoms with E-state index in [4.69, 9.17) is 4.74 Å². The van der Waals surface area contributed by atoms with Crippen LogP contribution in [0.3, 0.4) is 0 Å². The Labute approximate surface area is 174 Å². The normalized spacial score (nSPS) is 12.8. The van der Waals surface area contributed by atoms with Crippen LogP contribution in [-0.4, -0.2) is 42.0 Å². The van der Waals surface area contributed by atoms with Crippen molar-refractivity contribution in [3.8, 4) is 0 Å². The highest BCUT2D eigenvalue weighted by molar-refractivity contribution is 5.98. The van der Waals surface area contributed by atoms with Crippen LogP contribution in [0.15, 0.2) is 54.7 Å². The van der Waals surface area contributed by atoms with Crippen LogP contribution < -0.4 is 10.6 Å². The highest BCUT2D eigenvalue weighted by Crippen LogP contribution is 2.19. The van der Waals surface area contributed by atoms with E-state index in [9.17, 15) is 14.4 Å². The summed E-state index contributed by atoms with van der Waals surface area (Å²) in [5, 5.41) is 6.33. The maximum Gasteiger partial charge on any atom is 0.328 e. The fourth-order valence-electron chi connectivity index (χ4n) is 3.28. The first-order valence-corrected chi connectivity index (χ1v) is 9.69. The van der Waals surface area contributed by atoms with E-state index in [0.717, 1.165) is 22.0 Å². The van der Waals surface area contributed by atoms with Gasteiger partial charge in [0.15, 0.2) is 0 Å². The summed E-state index contributed by atoms with van der Waals surface area (Å²) in [5.74, 6) is -1.37. The maximum absolute atomic E-state index is 12.7. The Balaban J connectivity index is 1.69. The first-order chi connectivity index (χ1) is 14.4. The van der Waals surface area contributed by atoms with Gasteiger partial charge in [-0.25, -0.2) is 4.79 Å². The van der Waals surface area contributed by atoms with Gasteiger partial charge in [0.25, 0.3) is 5.91 Å². The van der Waals surface area contributed by atoms with Crippen LogP contribution in [0, 0.1) is 6.92 Å². The van der Waals surface area contributed by atoms with Crippen molar-refractivity contribution in [3.05, 3.63) is 71.4 Å². The van der Waals surface area contributed by atoms with Crippen molar-refractivity contribution in [2.45, 2.75) is 32.4 Å². The molecule has 0 unspecified atom stereocenters. The van der Waals surface area contributed by atoms with Gasteiger partial charge in [-0.05, 0) is 37.6 Å². The van der Waals surface area contributed by atoms with Gasteiger partial charge in [-0.1, -0.05) is 35.9 Å². The number of amides is 2. The summed E-state index contributed by atoms with van der Waals surface area (Å²) in [5.41, 5.74) is 3.25. The molecular weight excluding hydrogens is 382 g/mol. The van der Waals surface area contributed by atoms with Crippen LogP contribution in [0.1, 0.15) is 28.4 Å². The number of benzene rings is 2. The lowest BCUT2D eigenvalue weighted by atomic mass is 10.0. The minimum Gasteiger partial charge on any atom is -0.467 e. The average Bonchev–Trinajstić information content (AvgIpc) is 3.15. The summed E-state index contributed by atoms with van der Waals surface area (Å²) in [7, 11) is 1.28. The molecule has 2 aromatic carbocycles. The highest BCUT2D eigenvalue weighted by atomic mass is 16.5. The van der Waals surface area contributed by atoms with Gasteiger partial charge in [0.2, 0.25) is 5.91 Å². The van der Waals surface area contributed by atoms with Crippen LogP contribution in [0.25, 0.3) is 10.9 Å². The predicted molar refractivity (Wildman–Crippen MR) is 114 cm³/mol. The van der Waals surface area contributed by atoms with E-state index < -0.39 is 24.0 Å². The quantitative estimate of drug-likeness (QED) is 0.524. The van der Waals surface area contributed by atoms with Crippen molar-refractivity contribution in [1.82, 2.24) is 15.6 Å². The molecule has 2 atom stereocenters. The third-order valence-electron chi connectivity index (χ3n) is 4.92. The van der Waals surface area contributed by atoms with Crippen molar-refractivity contribution in [3.63, 3.8) is 0 Å². The highest BCUT2D eigenvalue weighted by Gasteiger charge is 2.26. The van der Waals surface area contributed by atoms with E-state index in [1.54, 1.807) is 25.1 Å². The molecule has 1 aromatic heterocycles. The third-order valence-corrected chi connectivity index (χ3v) is 4.92. The molecule has 0 aliphatic carbocycles. The first kappa shape index (κ1) is 21.1. The number of carbonyl (C=O) groups is 3. The van der Waals surface area contributed by atoms with Gasteiger partial charge in [-0.2, -0.15) is 0 Å². The average molecular weight is 407 g/mol. The lowest BCUT2D eigenvalue weighted by Crippen LogP contribution is -2.51. The van der Waals surface area contributed by atoms with E-state index >= 15 is 0 Å². The fraction of sp³-hybridized carbons (Fsp3) is 0.261. The molecule has 30 heavy (non-hydrogen) atoms. The van der Waals surface area contributed by atoms with Gasteiger partial charge >= 0.3 is 5.97 Å². The number of methoxy groups -OCH3 is 1. The Kier molecular flexibility index (Phi) is 6.51. The molecule has 0 saturated heterocycles. The molecule has 3 N–H and O–H groups in total. The number of aromatic nitrogens is 1. The molecule has 2 amide bonds. The number of rotatable bonds is 7.